The summed E-state index contributed by atoms with van der Waals surface area (Å²) in [5.41, 5.74) is -0.940. The van der Waals surface area contributed by atoms with Crippen LogP contribution in [0.3, 0.4) is 0 Å². The van der Waals surface area contributed by atoms with E-state index in [2.05, 4.69) is 10.3 Å². The maximum Gasteiger partial charge on any atom is 0.475 e. The number of anilines is 1. The molecule has 1 aromatic heterocycles. The van der Waals surface area contributed by atoms with Crippen LogP contribution in [0.25, 0.3) is 0 Å². The molecule has 36 heavy (non-hydrogen) atoms. The first-order chi connectivity index (χ1) is 17.0. The summed E-state index contributed by atoms with van der Waals surface area (Å²) in [4.78, 5) is 28.8. The van der Waals surface area contributed by atoms with Crippen LogP contribution >= 0.6 is 7.82 Å². The monoisotopic (exact) mass is 531 g/mol. The molecule has 0 spiro atoms. The van der Waals surface area contributed by atoms with Crippen molar-refractivity contribution >= 4 is 19.5 Å². The average Bonchev–Trinajstić information content (AvgIpc) is 3.07. The highest BCUT2D eigenvalue weighted by Crippen LogP contribution is 2.60. The second-order valence-corrected chi connectivity index (χ2v) is 9.73. The van der Waals surface area contributed by atoms with Gasteiger partial charge >= 0.3 is 19.4 Å². The first-order valence-electron chi connectivity index (χ1n) is 10.7. The molecule has 2 unspecified atom stereocenters. The summed E-state index contributed by atoms with van der Waals surface area (Å²) in [6.07, 6.45) is -5.00. The number of amides is 1. The maximum absolute atomic E-state index is 15.2. The number of carbonyl (C=O) groups is 1. The molecule has 12 nitrogen and oxygen atoms in total. The number of hydrogen-bond acceptors (Lipinski definition) is 10. The molecule has 1 N–H and O–H groups in total. The number of fused-ring (bicyclic) bond motifs is 1. The maximum atomic E-state index is 15.2. The highest BCUT2D eigenvalue weighted by atomic mass is 31.2. The predicted molar refractivity (Wildman–Crippen MR) is 120 cm³/mol. The first kappa shape index (κ1) is 26.2. The Hall–Kier alpha value is -2.90. The number of hydrogen-bond donors (Lipinski definition) is 1. The Labute approximate surface area is 204 Å². The zero-order chi connectivity index (χ0) is 26.3. The van der Waals surface area contributed by atoms with Crippen molar-refractivity contribution in [2.24, 2.45) is 0 Å². The molecule has 2 aliphatic heterocycles. The van der Waals surface area contributed by atoms with Crippen molar-refractivity contribution in [1.82, 2.24) is 9.55 Å². The van der Waals surface area contributed by atoms with Crippen LogP contribution in [0, 0.1) is 0 Å². The summed E-state index contributed by atoms with van der Waals surface area (Å²) >= 11 is 0. The number of methoxy groups -OCH3 is 2. The third-order valence-corrected chi connectivity index (χ3v) is 6.93. The van der Waals surface area contributed by atoms with Crippen LogP contribution in [0.5, 0.6) is 11.5 Å². The van der Waals surface area contributed by atoms with E-state index in [1.165, 1.54) is 32.4 Å². The lowest BCUT2D eigenvalue weighted by molar-refractivity contribution is -0.139. The number of carbonyl (C=O) groups excluding carboxylic acids is 1. The van der Waals surface area contributed by atoms with Gasteiger partial charge in [0.15, 0.2) is 17.6 Å². The van der Waals surface area contributed by atoms with Gasteiger partial charge in [-0.3, -0.25) is 22.9 Å². The number of phosphoric acid groups is 1. The van der Waals surface area contributed by atoms with E-state index < -0.39 is 56.5 Å². The molecule has 0 bridgehead atoms. The van der Waals surface area contributed by atoms with Crippen molar-refractivity contribution in [1.29, 1.82) is 0 Å². The van der Waals surface area contributed by atoms with Crippen LogP contribution in [0.15, 0.2) is 35.3 Å². The summed E-state index contributed by atoms with van der Waals surface area (Å²) < 4.78 is 74.1. The van der Waals surface area contributed by atoms with Gasteiger partial charge < -0.3 is 19.5 Å². The van der Waals surface area contributed by atoms with E-state index in [0.29, 0.717) is 16.1 Å². The van der Waals surface area contributed by atoms with Crippen LogP contribution in [0.4, 0.5) is 14.6 Å². The number of alkyl halides is 2. The molecular formula is C21H24F2N3O9P. The largest absolute Gasteiger partial charge is 0.493 e. The molecule has 15 heteroatoms. The topological polar surface area (TPSA) is 136 Å². The second kappa shape index (κ2) is 9.87. The summed E-state index contributed by atoms with van der Waals surface area (Å²) in [5.74, 6) is -3.86. The lowest BCUT2D eigenvalue weighted by Crippen LogP contribution is -2.45. The van der Waals surface area contributed by atoms with Gasteiger partial charge in [0.25, 0.3) is 5.91 Å². The van der Waals surface area contributed by atoms with Gasteiger partial charge in [-0.25, -0.2) is 9.36 Å². The van der Waals surface area contributed by atoms with E-state index in [0.717, 1.165) is 12.3 Å². The van der Waals surface area contributed by atoms with Gasteiger partial charge in [-0.1, -0.05) is 0 Å². The zero-order valence-electron chi connectivity index (χ0n) is 19.7. The molecular weight excluding hydrogens is 507 g/mol. The molecule has 0 aliphatic carbocycles. The Morgan fingerprint density at radius 1 is 1.25 bits per heavy atom. The average molecular weight is 531 g/mol. The molecule has 1 aromatic carbocycles. The number of nitrogens with zero attached hydrogens (tertiary/aromatic N) is 2. The van der Waals surface area contributed by atoms with E-state index >= 15 is 8.78 Å². The van der Waals surface area contributed by atoms with Gasteiger partial charge in [-0.15, -0.1) is 0 Å². The normalized spacial score (nSPS) is 26.9. The van der Waals surface area contributed by atoms with Crippen LogP contribution in [-0.2, 0) is 22.9 Å². The molecule has 2 fully saturated rings. The second-order valence-electron chi connectivity index (χ2n) is 8.15. The third kappa shape index (κ3) is 5.00. The van der Waals surface area contributed by atoms with Crippen LogP contribution in [0.2, 0.25) is 0 Å². The van der Waals surface area contributed by atoms with Gasteiger partial charge in [-0.2, -0.15) is 13.8 Å². The van der Waals surface area contributed by atoms with Crippen molar-refractivity contribution in [3.63, 3.8) is 0 Å². The summed E-state index contributed by atoms with van der Waals surface area (Å²) in [6, 6.07) is 5.57. The van der Waals surface area contributed by atoms with Crippen molar-refractivity contribution in [3.8, 4) is 11.5 Å². The smallest absolute Gasteiger partial charge is 0.475 e. The summed E-state index contributed by atoms with van der Waals surface area (Å²) in [7, 11) is -1.39. The molecule has 4 atom stereocenters. The van der Waals surface area contributed by atoms with Crippen molar-refractivity contribution < 1.29 is 45.9 Å². The Morgan fingerprint density at radius 2 is 1.97 bits per heavy atom. The number of rotatable bonds is 7. The number of aromatic nitrogens is 2. The Bertz CT molecular complexity index is 1260. The van der Waals surface area contributed by atoms with Gasteiger partial charge in [0.1, 0.15) is 11.9 Å². The number of nitrogens with one attached hydrogen (secondary N) is 1. The Balaban J connectivity index is 1.52. The van der Waals surface area contributed by atoms with Crippen molar-refractivity contribution in [2.75, 3.05) is 26.1 Å². The van der Waals surface area contributed by atoms with Gasteiger partial charge in [0.2, 0.25) is 6.23 Å². The minimum absolute atomic E-state index is 0.177. The highest BCUT2D eigenvalue weighted by molar-refractivity contribution is 7.48. The van der Waals surface area contributed by atoms with Crippen LogP contribution in [0.1, 0.15) is 30.4 Å². The van der Waals surface area contributed by atoms with E-state index in [1.807, 2.05) is 0 Å². The predicted octanol–water partition coefficient (Wildman–Crippen LogP) is 2.99. The highest BCUT2D eigenvalue weighted by Gasteiger charge is 2.65. The van der Waals surface area contributed by atoms with E-state index in [-0.39, 0.29) is 11.4 Å². The summed E-state index contributed by atoms with van der Waals surface area (Å²) in [5, 5.41) is 2.42. The fourth-order valence-corrected chi connectivity index (χ4v) is 5.28. The fraction of sp³-hybridized carbons (Fsp3) is 0.476. The van der Waals surface area contributed by atoms with Crippen molar-refractivity contribution in [2.45, 2.75) is 44.3 Å². The number of phosphoric ester groups is 1. The minimum Gasteiger partial charge on any atom is -0.493 e. The molecule has 0 saturated carbocycles. The molecule has 2 saturated heterocycles. The number of benzene rings is 1. The molecule has 2 aromatic rings. The van der Waals surface area contributed by atoms with Gasteiger partial charge in [-0.05, 0) is 38.1 Å². The SMILES string of the molecule is COc1ccc(C(=O)Nc2ccn(C3O[C@@H]4COP(=O)(OC(C)C)O[C@H]4C3(F)F)c(=O)n2)cc1OC. The minimum atomic E-state index is -4.24. The molecule has 3 heterocycles. The van der Waals surface area contributed by atoms with E-state index in [4.69, 9.17) is 27.8 Å². The quantitative estimate of drug-likeness (QED) is 0.531. The molecule has 0 radical (unpaired) electrons. The lowest BCUT2D eigenvalue weighted by Gasteiger charge is -2.32. The summed E-state index contributed by atoms with van der Waals surface area (Å²) in [6.45, 7) is 2.60. The molecule has 196 valence electrons. The molecule has 4 rings (SSSR count). The lowest BCUT2D eigenvalue weighted by atomic mass is 10.1. The zero-order valence-corrected chi connectivity index (χ0v) is 20.6. The van der Waals surface area contributed by atoms with E-state index in [9.17, 15) is 14.2 Å². The van der Waals surface area contributed by atoms with Crippen LogP contribution in [-0.4, -0.2) is 60.5 Å². The van der Waals surface area contributed by atoms with Gasteiger partial charge in [0, 0.05) is 11.8 Å². The molecule has 2 aliphatic rings. The van der Waals surface area contributed by atoms with Gasteiger partial charge in [0.05, 0.1) is 26.9 Å². The standard InChI is InChI=1S/C21H24F2N3O9P/c1-11(2)34-36(29)32-10-15-17(35-36)21(22,23)19(33-15)26-8-7-16(25-20(26)28)24-18(27)12-5-6-13(30-3)14(9-12)31-4/h5-9,11,15,17,19H,10H2,1-4H3,(H,24,25,27,28)/t15-,17-,19?,36?/m1/s1. The first-order valence-corrected chi connectivity index (χ1v) is 12.2. The Kier molecular flexibility index (Phi) is 7.17. The van der Waals surface area contributed by atoms with E-state index in [1.54, 1.807) is 13.8 Å². The number of halogens is 2. The van der Waals surface area contributed by atoms with Crippen LogP contribution < -0.4 is 20.5 Å². The van der Waals surface area contributed by atoms with Crippen molar-refractivity contribution in [3.05, 3.63) is 46.5 Å². The third-order valence-electron chi connectivity index (χ3n) is 5.30. The fourth-order valence-electron chi connectivity index (χ4n) is 3.71. The Morgan fingerprint density at radius 3 is 2.61 bits per heavy atom. The molecule has 1 amide bonds. The number of ether oxygens (including phenoxy) is 3.